The van der Waals surface area contributed by atoms with E-state index >= 15 is 0 Å². The highest BCUT2D eigenvalue weighted by Crippen LogP contribution is 2.71. The molecule has 0 spiro atoms. The quantitative estimate of drug-likeness (QED) is 0.182. The van der Waals surface area contributed by atoms with Crippen LogP contribution in [0.3, 0.4) is 0 Å². The van der Waals surface area contributed by atoms with Crippen molar-refractivity contribution < 1.29 is 0 Å². The Morgan fingerprint density at radius 2 is 1.14 bits per heavy atom. The van der Waals surface area contributed by atoms with Gasteiger partial charge in [-0.2, -0.15) is 10.9 Å². The molecule has 0 aliphatic carbocycles. The van der Waals surface area contributed by atoms with Crippen molar-refractivity contribution in [3.05, 3.63) is 144 Å². The molecule has 36 heavy (non-hydrogen) atoms. The van der Waals surface area contributed by atoms with Gasteiger partial charge in [0.15, 0.2) is 0 Å². The van der Waals surface area contributed by atoms with Crippen molar-refractivity contribution in [1.29, 1.82) is 0 Å². The summed E-state index contributed by atoms with van der Waals surface area (Å²) in [6, 6.07) is 47.8. The second kappa shape index (κ2) is 8.92. The molecule has 1 unspecified atom stereocenters. The van der Waals surface area contributed by atoms with Crippen molar-refractivity contribution in [2.45, 2.75) is 6.92 Å². The lowest BCUT2D eigenvalue weighted by atomic mass is 9.32. The molecule has 1 atom stereocenters. The van der Waals surface area contributed by atoms with Gasteiger partial charge in [-0.15, -0.1) is 12.6 Å². The van der Waals surface area contributed by atoms with Gasteiger partial charge in [0.25, 0.3) is 0 Å². The van der Waals surface area contributed by atoms with Crippen LogP contribution in [0.2, 0.25) is 0 Å². The van der Waals surface area contributed by atoms with Crippen molar-refractivity contribution in [2.24, 2.45) is 0 Å². The van der Waals surface area contributed by atoms with E-state index in [0.717, 1.165) is 6.16 Å². The summed E-state index contributed by atoms with van der Waals surface area (Å²) in [5, 5.41) is 2.60. The molecule has 0 radical (unpaired) electrons. The second-order valence-electron chi connectivity index (χ2n) is 10.9. The Morgan fingerprint density at radius 3 is 1.83 bits per heavy atom. The molecule has 0 amide bonds. The number of hydrogen-bond donors (Lipinski definition) is 0. The Labute approximate surface area is 215 Å². The molecule has 5 aromatic rings. The number of rotatable bonds is 4. The zero-order valence-corrected chi connectivity index (χ0v) is 22.3. The first-order chi connectivity index (χ1) is 17.5. The fourth-order valence-electron chi connectivity index (χ4n) is 6.80. The summed E-state index contributed by atoms with van der Waals surface area (Å²) in [4.78, 5) is 0. The average Bonchev–Trinajstić information content (AvgIpc) is 3.17. The van der Waals surface area contributed by atoms with Gasteiger partial charge in [-0.1, -0.05) is 139 Å². The highest BCUT2D eigenvalue weighted by atomic mass is 31.2. The summed E-state index contributed by atoms with van der Waals surface area (Å²) in [6.07, 6.45) is 1.14. The van der Waals surface area contributed by atoms with Crippen LogP contribution in [0.15, 0.2) is 127 Å². The molecule has 0 saturated heterocycles. The molecular formula is C34H32BP. The third-order valence-electron chi connectivity index (χ3n) is 8.38. The minimum Gasteiger partial charge on any atom is -0.158 e. The summed E-state index contributed by atoms with van der Waals surface area (Å²) < 4.78 is 0. The van der Waals surface area contributed by atoms with Crippen LogP contribution < -0.4 is 10.9 Å². The predicted molar refractivity (Wildman–Crippen MR) is 163 cm³/mol. The summed E-state index contributed by atoms with van der Waals surface area (Å²) in [5.41, 5.74) is 10.0. The summed E-state index contributed by atoms with van der Waals surface area (Å²) in [6.45, 7) is 7.38. The molecule has 1 aliphatic heterocycles. The van der Waals surface area contributed by atoms with Crippen LogP contribution in [0.5, 0.6) is 0 Å². The summed E-state index contributed by atoms with van der Waals surface area (Å²) in [7, 11) is -1.51. The smallest absolute Gasteiger partial charge is 0.158 e. The molecule has 1 aliphatic rings. The van der Waals surface area contributed by atoms with Crippen LogP contribution in [0.25, 0.3) is 21.8 Å². The lowest BCUT2D eigenvalue weighted by molar-refractivity contribution is 1.49. The third kappa shape index (κ3) is 3.57. The van der Waals surface area contributed by atoms with Crippen LogP contribution >= 0.6 is 7.14 Å². The Balaban J connectivity index is 1.77. The van der Waals surface area contributed by atoms with Gasteiger partial charge in [-0.3, -0.25) is 0 Å². The van der Waals surface area contributed by atoms with E-state index in [9.17, 15) is 0 Å². The third-order valence-corrected chi connectivity index (χ3v) is 12.5. The maximum Gasteiger partial charge on any atom is 0.247 e. The van der Waals surface area contributed by atoms with Gasteiger partial charge in [-0.25, -0.2) is 0 Å². The maximum atomic E-state index is 2.59. The number of benzene rings is 5. The monoisotopic (exact) mass is 482 g/mol. The Morgan fingerprint density at radius 1 is 0.556 bits per heavy atom. The van der Waals surface area contributed by atoms with Crippen LogP contribution in [-0.2, 0) is 0 Å². The van der Waals surface area contributed by atoms with Crippen molar-refractivity contribution in [3.63, 3.8) is 0 Å². The van der Waals surface area contributed by atoms with Gasteiger partial charge in [0.1, 0.15) is 0 Å². The topological polar surface area (TPSA) is 0 Å². The molecule has 2 heteroatoms. The number of aryl methyl sites for hydroxylation is 1. The van der Waals surface area contributed by atoms with Crippen LogP contribution in [-0.4, -0.2) is 25.4 Å². The molecule has 5 aromatic carbocycles. The predicted octanol–water partition coefficient (Wildman–Crippen LogP) is 7.65. The Kier molecular flexibility index (Phi) is 5.70. The van der Waals surface area contributed by atoms with Gasteiger partial charge in [0, 0.05) is 19.5 Å². The van der Waals surface area contributed by atoms with E-state index in [0.29, 0.717) is 0 Å². The lowest BCUT2D eigenvalue weighted by Crippen LogP contribution is -2.59. The molecule has 0 fully saturated rings. The number of allylic oxidation sites excluding steroid dienone is 1. The van der Waals surface area contributed by atoms with Crippen LogP contribution in [0, 0.1) is 6.92 Å². The van der Waals surface area contributed by atoms with Gasteiger partial charge < -0.3 is 0 Å². The highest BCUT2D eigenvalue weighted by Gasteiger charge is 2.57. The van der Waals surface area contributed by atoms with Crippen molar-refractivity contribution in [3.8, 4) is 0 Å². The van der Waals surface area contributed by atoms with E-state index in [-0.39, 0.29) is 0 Å². The Hall–Kier alpha value is -3.41. The minimum absolute atomic E-state index is 1.14. The SMILES string of the molecule is Cc1ccc([B-]2(c3ccccc3)C(c3ccc4ccccc4c3)=C(c3ccccc3)C[P+]2(C)C)cc1. The first-order valence-corrected chi connectivity index (χ1v) is 15.8. The number of hydrogen-bond acceptors (Lipinski definition) is 0. The van der Waals surface area contributed by atoms with Crippen molar-refractivity contribution in [1.82, 2.24) is 0 Å². The lowest BCUT2D eigenvalue weighted by Gasteiger charge is -2.46. The summed E-state index contributed by atoms with van der Waals surface area (Å²) >= 11 is 0. The molecule has 1 heterocycles. The zero-order chi connectivity index (χ0) is 24.8. The van der Waals surface area contributed by atoms with Gasteiger partial charge in [0.2, 0.25) is 5.87 Å². The molecule has 0 N–H and O–H groups in total. The van der Waals surface area contributed by atoms with Gasteiger partial charge in [-0.05, 0) is 28.8 Å². The highest BCUT2D eigenvalue weighted by molar-refractivity contribution is 8.14. The van der Waals surface area contributed by atoms with E-state index in [4.69, 9.17) is 0 Å². The van der Waals surface area contributed by atoms with E-state index in [1.54, 1.807) is 5.47 Å². The molecule has 0 aromatic heterocycles. The van der Waals surface area contributed by atoms with E-state index in [1.165, 1.54) is 44.0 Å². The molecule has 6 rings (SSSR count). The largest absolute Gasteiger partial charge is 0.247 e. The van der Waals surface area contributed by atoms with Crippen LogP contribution in [0.4, 0.5) is 0 Å². The molecule has 176 valence electrons. The van der Waals surface area contributed by atoms with Crippen molar-refractivity contribution >= 4 is 45.8 Å². The summed E-state index contributed by atoms with van der Waals surface area (Å²) in [5.74, 6) is -1.16. The molecule has 0 bridgehead atoms. The van der Waals surface area contributed by atoms with Gasteiger partial charge >= 0.3 is 0 Å². The van der Waals surface area contributed by atoms with Crippen molar-refractivity contribution in [2.75, 3.05) is 19.5 Å². The maximum absolute atomic E-state index is 2.59. The standard InChI is InChI=1S/C34H32BP/c1-26-18-22-32(23-19-26)35(31-16-8-5-9-17-31)34(30-21-20-27-12-10-11-15-29(27)24-30)33(25-36(35,2)3)28-13-6-4-7-14-28/h4-24H,25H2,1-3H3. The van der Waals surface area contributed by atoms with Gasteiger partial charge in [0.05, 0.1) is 0 Å². The first kappa shape index (κ1) is 23.0. The normalized spacial score (nSPS) is 19.1. The van der Waals surface area contributed by atoms with E-state index in [1.807, 2.05) is 0 Å². The Bertz CT molecular complexity index is 1570. The average molecular weight is 482 g/mol. The van der Waals surface area contributed by atoms with E-state index < -0.39 is 13.0 Å². The van der Waals surface area contributed by atoms with E-state index in [2.05, 4.69) is 148 Å². The minimum atomic E-state index is -1.51. The second-order valence-corrected chi connectivity index (χ2v) is 15.5. The molecule has 0 nitrogen and oxygen atoms in total. The molecular weight excluding hydrogens is 450 g/mol. The fourth-order valence-corrected chi connectivity index (χ4v) is 11.2. The zero-order valence-electron chi connectivity index (χ0n) is 21.4. The molecule has 0 saturated carbocycles. The fraction of sp³-hybridized carbons (Fsp3) is 0.118. The van der Waals surface area contributed by atoms with Crippen LogP contribution in [0.1, 0.15) is 16.7 Å². The first-order valence-electron chi connectivity index (χ1n) is 12.9. The number of fused-ring (bicyclic) bond motifs is 1.